The molecule has 104 valence electrons. The fourth-order valence-corrected chi connectivity index (χ4v) is 2.58. The van der Waals surface area contributed by atoms with Gasteiger partial charge in [0.15, 0.2) is 0 Å². The predicted octanol–water partition coefficient (Wildman–Crippen LogP) is 2.72. The third kappa shape index (κ3) is 2.47. The van der Waals surface area contributed by atoms with Crippen molar-refractivity contribution < 1.29 is 4.74 Å². The molecule has 0 aliphatic carbocycles. The first kappa shape index (κ1) is 12.9. The number of benzene rings is 1. The van der Waals surface area contributed by atoms with Gasteiger partial charge in [-0.15, -0.1) is 0 Å². The summed E-state index contributed by atoms with van der Waals surface area (Å²) in [6, 6.07) is 10.3. The molecule has 0 radical (unpaired) electrons. The zero-order chi connectivity index (χ0) is 13.8. The van der Waals surface area contributed by atoms with Gasteiger partial charge in [0.2, 0.25) is 0 Å². The Bertz CT molecular complexity index is 585. The minimum Gasteiger partial charge on any atom is -0.491 e. The van der Waals surface area contributed by atoms with Gasteiger partial charge in [0.1, 0.15) is 5.75 Å². The predicted molar refractivity (Wildman–Crippen MR) is 80.6 cm³/mol. The van der Waals surface area contributed by atoms with E-state index in [0.29, 0.717) is 0 Å². The van der Waals surface area contributed by atoms with Crippen molar-refractivity contribution in [1.82, 2.24) is 10.3 Å². The highest BCUT2D eigenvalue weighted by atomic mass is 16.5. The summed E-state index contributed by atoms with van der Waals surface area (Å²) >= 11 is 0. The van der Waals surface area contributed by atoms with E-state index in [1.54, 1.807) is 0 Å². The lowest BCUT2D eigenvalue weighted by atomic mass is 10.1. The summed E-state index contributed by atoms with van der Waals surface area (Å²) in [6.45, 7) is 2.53. The van der Waals surface area contributed by atoms with E-state index in [1.807, 2.05) is 31.6 Å². The SMILES string of the molecule is CNCc1ccncc1N1CCCOc2ccccc21. The Balaban J connectivity index is 2.05. The van der Waals surface area contributed by atoms with Crippen LogP contribution in [0.2, 0.25) is 0 Å². The van der Waals surface area contributed by atoms with E-state index in [9.17, 15) is 0 Å². The molecule has 0 atom stereocenters. The molecule has 1 aromatic carbocycles. The molecule has 1 aromatic heterocycles. The first-order chi connectivity index (χ1) is 9.90. The first-order valence-corrected chi connectivity index (χ1v) is 6.97. The lowest BCUT2D eigenvalue weighted by molar-refractivity contribution is 0.322. The van der Waals surface area contributed by atoms with Crippen molar-refractivity contribution in [3.05, 3.63) is 48.3 Å². The second-order valence-corrected chi connectivity index (χ2v) is 4.86. The minimum absolute atomic E-state index is 0.759. The smallest absolute Gasteiger partial charge is 0.142 e. The third-order valence-electron chi connectivity index (χ3n) is 3.49. The van der Waals surface area contributed by atoms with Crippen molar-refractivity contribution in [2.75, 3.05) is 25.1 Å². The summed E-state index contributed by atoms with van der Waals surface area (Å²) in [4.78, 5) is 6.60. The molecule has 0 amide bonds. The average molecular weight is 269 g/mol. The molecule has 0 unspecified atom stereocenters. The maximum absolute atomic E-state index is 5.82. The Kier molecular flexibility index (Phi) is 3.83. The van der Waals surface area contributed by atoms with Crippen LogP contribution in [0.4, 0.5) is 11.4 Å². The molecule has 1 aliphatic rings. The number of anilines is 2. The molecule has 20 heavy (non-hydrogen) atoms. The largest absolute Gasteiger partial charge is 0.491 e. The monoisotopic (exact) mass is 269 g/mol. The lowest BCUT2D eigenvalue weighted by Crippen LogP contribution is -2.20. The van der Waals surface area contributed by atoms with Gasteiger partial charge in [0, 0.05) is 19.3 Å². The van der Waals surface area contributed by atoms with E-state index >= 15 is 0 Å². The number of fused-ring (bicyclic) bond motifs is 1. The molecule has 4 nitrogen and oxygen atoms in total. The van der Waals surface area contributed by atoms with Crippen molar-refractivity contribution in [3.8, 4) is 5.75 Å². The molecule has 1 N–H and O–H groups in total. The second kappa shape index (κ2) is 5.92. The van der Waals surface area contributed by atoms with Crippen LogP contribution in [0.25, 0.3) is 0 Å². The van der Waals surface area contributed by atoms with E-state index in [4.69, 9.17) is 4.74 Å². The summed E-state index contributed by atoms with van der Waals surface area (Å²) in [5.74, 6) is 0.948. The second-order valence-electron chi connectivity index (χ2n) is 4.86. The van der Waals surface area contributed by atoms with Crippen LogP contribution in [0, 0.1) is 0 Å². The quantitative estimate of drug-likeness (QED) is 0.929. The molecule has 0 spiro atoms. The Morgan fingerprint density at radius 2 is 2.15 bits per heavy atom. The average Bonchev–Trinajstić information content (AvgIpc) is 2.71. The number of aromatic nitrogens is 1. The van der Waals surface area contributed by atoms with Crippen LogP contribution in [0.5, 0.6) is 5.75 Å². The highest BCUT2D eigenvalue weighted by Gasteiger charge is 2.19. The van der Waals surface area contributed by atoms with Crippen LogP contribution >= 0.6 is 0 Å². The van der Waals surface area contributed by atoms with Crippen molar-refractivity contribution in [3.63, 3.8) is 0 Å². The third-order valence-corrected chi connectivity index (χ3v) is 3.49. The van der Waals surface area contributed by atoms with Gasteiger partial charge in [0.05, 0.1) is 24.2 Å². The summed E-state index contributed by atoms with van der Waals surface area (Å²) in [5, 5.41) is 3.22. The molecule has 0 saturated heterocycles. The summed E-state index contributed by atoms with van der Waals surface area (Å²) in [6.07, 6.45) is 4.79. The van der Waals surface area contributed by atoms with Crippen LogP contribution in [-0.2, 0) is 6.54 Å². The van der Waals surface area contributed by atoms with Crippen molar-refractivity contribution >= 4 is 11.4 Å². The highest BCUT2D eigenvalue weighted by molar-refractivity contribution is 5.71. The number of para-hydroxylation sites is 2. The van der Waals surface area contributed by atoms with E-state index in [2.05, 4.69) is 33.4 Å². The zero-order valence-corrected chi connectivity index (χ0v) is 11.7. The number of pyridine rings is 1. The van der Waals surface area contributed by atoms with Gasteiger partial charge in [-0.2, -0.15) is 0 Å². The first-order valence-electron chi connectivity index (χ1n) is 6.97. The van der Waals surface area contributed by atoms with Gasteiger partial charge >= 0.3 is 0 Å². The van der Waals surface area contributed by atoms with Gasteiger partial charge in [-0.05, 0) is 37.2 Å². The van der Waals surface area contributed by atoms with Gasteiger partial charge in [-0.3, -0.25) is 4.98 Å². The fourth-order valence-electron chi connectivity index (χ4n) is 2.58. The van der Waals surface area contributed by atoms with Gasteiger partial charge < -0.3 is 15.0 Å². The minimum atomic E-state index is 0.759. The molecular formula is C16H19N3O. The van der Waals surface area contributed by atoms with Crippen LogP contribution in [0.1, 0.15) is 12.0 Å². The van der Waals surface area contributed by atoms with Crippen molar-refractivity contribution in [2.24, 2.45) is 0 Å². The summed E-state index contributed by atoms with van der Waals surface area (Å²) < 4.78 is 5.82. The number of hydrogen-bond acceptors (Lipinski definition) is 4. The standard InChI is InChI=1S/C16H19N3O/c1-17-11-13-7-8-18-12-15(13)19-9-4-10-20-16-6-3-2-5-14(16)19/h2-3,5-8,12,17H,4,9-11H2,1H3. The maximum Gasteiger partial charge on any atom is 0.142 e. The molecule has 4 heteroatoms. The summed E-state index contributed by atoms with van der Waals surface area (Å²) in [7, 11) is 1.96. The molecule has 1 aliphatic heterocycles. The van der Waals surface area contributed by atoms with E-state index in [-0.39, 0.29) is 0 Å². The Morgan fingerprint density at radius 3 is 3.05 bits per heavy atom. The van der Waals surface area contributed by atoms with Crippen LogP contribution < -0.4 is 15.0 Å². The van der Waals surface area contributed by atoms with Crippen molar-refractivity contribution in [1.29, 1.82) is 0 Å². The van der Waals surface area contributed by atoms with E-state index in [0.717, 1.165) is 43.2 Å². The fraction of sp³-hybridized carbons (Fsp3) is 0.312. The molecule has 0 saturated carbocycles. The summed E-state index contributed by atoms with van der Waals surface area (Å²) in [5.41, 5.74) is 3.52. The van der Waals surface area contributed by atoms with E-state index < -0.39 is 0 Å². The van der Waals surface area contributed by atoms with Gasteiger partial charge in [0.25, 0.3) is 0 Å². The Hall–Kier alpha value is -2.07. The lowest BCUT2D eigenvalue weighted by Gasteiger charge is -2.25. The number of nitrogens with one attached hydrogen (secondary N) is 1. The number of nitrogens with zero attached hydrogens (tertiary/aromatic N) is 2. The molecule has 0 fully saturated rings. The molecule has 0 bridgehead atoms. The topological polar surface area (TPSA) is 37.4 Å². The van der Waals surface area contributed by atoms with E-state index in [1.165, 1.54) is 5.56 Å². The molecule has 2 aromatic rings. The van der Waals surface area contributed by atoms with Gasteiger partial charge in [-0.1, -0.05) is 12.1 Å². The normalized spacial score (nSPS) is 14.3. The highest BCUT2D eigenvalue weighted by Crippen LogP contribution is 2.36. The maximum atomic E-state index is 5.82. The zero-order valence-electron chi connectivity index (χ0n) is 11.7. The van der Waals surface area contributed by atoms with Crippen molar-refractivity contribution in [2.45, 2.75) is 13.0 Å². The molecular weight excluding hydrogens is 250 g/mol. The Labute approximate surface area is 119 Å². The number of rotatable bonds is 3. The molecule has 2 heterocycles. The number of hydrogen-bond donors (Lipinski definition) is 1. The van der Waals surface area contributed by atoms with Crippen LogP contribution in [0.3, 0.4) is 0 Å². The van der Waals surface area contributed by atoms with Gasteiger partial charge in [-0.25, -0.2) is 0 Å². The molecule has 3 rings (SSSR count). The van der Waals surface area contributed by atoms with Crippen LogP contribution in [0.15, 0.2) is 42.7 Å². The number of ether oxygens (including phenoxy) is 1. The Morgan fingerprint density at radius 1 is 1.25 bits per heavy atom. The van der Waals surface area contributed by atoms with Crippen LogP contribution in [-0.4, -0.2) is 25.2 Å².